The molecule has 0 aromatic heterocycles. The Morgan fingerprint density at radius 2 is 1.69 bits per heavy atom. The normalized spacial score (nSPS) is 37.1. The van der Waals surface area contributed by atoms with Gasteiger partial charge in [-0.15, -0.1) is 0 Å². The van der Waals surface area contributed by atoms with Gasteiger partial charge in [-0.1, -0.05) is 71.9 Å². The molecule has 0 amide bonds. The van der Waals surface area contributed by atoms with E-state index in [0.29, 0.717) is 13.2 Å². The molecular weight excluding hydrogens is 388 g/mol. The van der Waals surface area contributed by atoms with Crippen LogP contribution in [-0.2, 0) is 27.8 Å². The van der Waals surface area contributed by atoms with Gasteiger partial charge in [-0.05, 0) is 0 Å². The summed E-state index contributed by atoms with van der Waals surface area (Å²) in [6.07, 6.45) is -1.70. The maximum atomic E-state index is 7.01. The Balaban J connectivity index is 1.73. The van der Waals surface area contributed by atoms with Crippen molar-refractivity contribution in [1.29, 1.82) is 0 Å². The number of ether oxygens (including phenoxy) is 4. The summed E-state index contributed by atoms with van der Waals surface area (Å²) in [5, 5.41) is -0.291. The van der Waals surface area contributed by atoms with Crippen molar-refractivity contribution < 1.29 is 27.8 Å². The zero-order chi connectivity index (χ0) is 21.1. The van der Waals surface area contributed by atoms with Crippen LogP contribution >= 0.6 is 0 Å². The molecule has 0 N–H and O–H groups in total. The zero-order valence-electron chi connectivity index (χ0n) is 18.6. The highest BCUT2D eigenvalue weighted by Crippen LogP contribution is 2.58. The van der Waals surface area contributed by atoms with Crippen molar-refractivity contribution in [2.45, 2.75) is 82.0 Å². The van der Waals surface area contributed by atoms with E-state index >= 15 is 0 Å². The lowest BCUT2D eigenvalue weighted by molar-refractivity contribution is -0.166. The predicted octanol–water partition coefficient (Wildman–Crippen LogP) is 4.30. The molecule has 1 spiro atoms. The molecule has 3 aliphatic rings. The van der Waals surface area contributed by atoms with Crippen LogP contribution in [0.4, 0.5) is 0 Å². The van der Waals surface area contributed by atoms with E-state index in [1.165, 1.54) is 0 Å². The third kappa shape index (κ3) is 3.22. The topological polar surface area (TPSA) is 55.4 Å². The molecule has 5 atom stereocenters. The lowest BCUT2D eigenvalue weighted by atomic mass is 9.94. The molecule has 4 rings (SSSR count). The third-order valence-corrected chi connectivity index (χ3v) is 11.5. The van der Waals surface area contributed by atoms with E-state index in [-0.39, 0.29) is 16.2 Å². The molecule has 2 bridgehead atoms. The van der Waals surface area contributed by atoms with Crippen LogP contribution in [0.15, 0.2) is 30.3 Å². The van der Waals surface area contributed by atoms with Gasteiger partial charge in [0.05, 0.1) is 13.2 Å². The molecule has 1 aromatic carbocycles. The fraction of sp³-hybridized carbons (Fsp3) is 0.727. The van der Waals surface area contributed by atoms with Gasteiger partial charge in [-0.3, -0.25) is 0 Å². The van der Waals surface area contributed by atoms with E-state index in [0.717, 1.165) is 5.56 Å². The first-order valence-electron chi connectivity index (χ1n) is 10.4. The summed E-state index contributed by atoms with van der Waals surface area (Å²) in [7, 11) is -1.08. The van der Waals surface area contributed by atoms with E-state index in [2.05, 4.69) is 41.5 Å². The summed E-state index contributed by atoms with van der Waals surface area (Å²) >= 11 is 0. The van der Waals surface area contributed by atoms with Crippen molar-refractivity contribution in [3.63, 3.8) is 0 Å². The highest BCUT2D eigenvalue weighted by molar-refractivity contribution is 6.73. The number of benzene rings is 1. The first-order chi connectivity index (χ1) is 13.5. The largest absolute Gasteiger partial charge is 0.391 e. The second-order valence-corrected chi connectivity index (χ2v) is 15.1. The van der Waals surface area contributed by atoms with E-state index in [9.17, 15) is 0 Å². The fourth-order valence-electron chi connectivity index (χ4n) is 5.16. The van der Waals surface area contributed by atoms with Gasteiger partial charge >= 0.3 is 8.56 Å². The van der Waals surface area contributed by atoms with Crippen molar-refractivity contribution in [2.75, 3.05) is 20.3 Å². The Morgan fingerprint density at radius 3 is 2.28 bits per heavy atom. The molecule has 29 heavy (non-hydrogen) atoms. The van der Waals surface area contributed by atoms with Gasteiger partial charge in [0, 0.05) is 22.7 Å². The van der Waals surface area contributed by atoms with Gasteiger partial charge in [-0.25, -0.2) is 0 Å². The maximum absolute atomic E-state index is 7.01. The van der Waals surface area contributed by atoms with E-state index in [4.69, 9.17) is 27.8 Å². The second-order valence-electron chi connectivity index (χ2n) is 10.3. The molecule has 0 radical (unpaired) electrons. The van der Waals surface area contributed by atoms with E-state index < -0.39 is 32.8 Å². The van der Waals surface area contributed by atoms with Crippen LogP contribution in [0.1, 0.15) is 53.4 Å². The minimum absolute atomic E-state index is 0.145. The highest BCUT2D eigenvalue weighted by atomic mass is 28.4. The molecule has 3 saturated heterocycles. The summed E-state index contributed by atoms with van der Waals surface area (Å²) < 4.78 is 38.3. The molecule has 1 aromatic rings. The molecule has 7 heteroatoms. The number of methoxy groups -OCH3 is 1. The second kappa shape index (κ2) is 7.12. The van der Waals surface area contributed by atoms with Crippen LogP contribution in [-0.4, -0.2) is 53.0 Å². The maximum Gasteiger partial charge on any atom is 0.349 e. The van der Waals surface area contributed by atoms with Crippen LogP contribution in [0.5, 0.6) is 0 Å². The van der Waals surface area contributed by atoms with Crippen LogP contribution in [0.3, 0.4) is 0 Å². The molecule has 3 aliphatic heterocycles. The molecule has 0 saturated carbocycles. The average Bonchev–Trinajstić information content (AvgIpc) is 3.14. The minimum Gasteiger partial charge on any atom is -0.391 e. The molecule has 3 heterocycles. The Morgan fingerprint density at radius 1 is 1.03 bits per heavy atom. The molecule has 1 unspecified atom stereocenters. The lowest BCUT2D eigenvalue weighted by Crippen LogP contribution is -2.61. The predicted molar refractivity (Wildman–Crippen MR) is 111 cm³/mol. The first-order valence-corrected chi connectivity index (χ1v) is 12.2. The smallest absolute Gasteiger partial charge is 0.349 e. The Kier molecular flexibility index (Phi) is 5.26. The Labute approximate surface area is 175 Å². The van der Waals surface area contributed by atoms with Gasteiger partial charge in [0.15, 0.2) is 18.2 Å². The summed E-state index contributed by atoms with van der Waals surface area (Å²) in [5.74, 6) is 0. The summed E-state index contributed by atoms with van der Waals surface area (Å²) in [4.78, 5) is 0. The highest BCUT2D eigenvalue weighted by Gasteiger charge is 2.71. The lowest BCUT2D eigenvalue weighted by Gasteiger charge is -2.50. The van der Waals surface area contributed by atoms with Crippen LogP contribution in [0.2, 0.25) is 10.1 Å². The molecular formula is C22H34O6Si. The average molecular weight is 423 g/mol. The Hall–Kier alpha value is -0.803. The van der Waals surface area contributed by atoms with Crippen molar-refractivity contribution in [1.82, 2.24) is 0 Å². The van der Waals surface area contributed by atoms with E-state index in [1.54, 1.807) is 7.11 Å². The minimum atomic E-state index is -2.74. The van der Waals surface area contributed by atoms with Gasteiger partial charge in [-0.2, -0.15) is 0 Å². The SMILES string of the molecule is CO[C@H]1O[C@@H]2CO[Si](C(C)(C)C)(C(C)(C)C)O[C@@H]1[C@@]21COC(c2ccccc2)O1. The first kappa shape index (κ1) is 21.4. The van der Waals surface area contributed by atoms with Gasteiger partial charge < -0.3 is 27.8 Å². The van der Waals surface area contributed by atoms with Crippen LogP contribution < -0.4 is 0 Å². The Bertz CT molecular complexity index is 713. The molecule has 0 aliphatic carbocycles. The summed E-state index contributed by atoms with van der Waals surface area (Å²) in [6.45, 7) is 14.0. The monoisotopic (exact) mass is 422 g/mol. The van der Waals surface area contributed by atoms with Crippen molar-refractivity contribution >= 4 is 8.56 Å². The summed E-state index contributed by atoms with van der Waals surface area (Å²) in [5.41, 5.74) is 0.227. The standard InChI is InChI=1S/C22H34O6Si/c1-20(2,3)29(21(4,5)6)25-13-16-22(17(28-29)19(23-7)26-16)14-24-18(27-22)15-11-9-8-10-12-15/h8-12,16-19H,13-14H2,1-7H3/t16-,17+,18?,19+,22-/m1/s1. The molecule has 6 nitrogen and oxygen atoms in total. The van der Waals surface area contributed by atoms with Crippen molar-refractivity contribution in [2.24, 2.45) is 0 Å². The van der Waals surface area contributed by atoms with Crippen LogP contribution in [0.25, 0.3) is 0 Å². The van der Waals surface area contributed by atoms with Gasteiger partial charge in [0.25, 0.3) is 0 Å². The van der Waals surface area contributed by atoms with Crippen molar-refractivity contribution in [3.8, 4) is 0 Å². The van der Waals surface area contributed by atoms with Gasteiger partial charge in [0.1, 0.15) is 12.2 Å². The van der Waals surface area contributed by atoms with Crippen molar-refractivity contribution in [3.05, 3.63) is 35.9 Å². The number of hydrogen-bond donors (Lipinski definition) is 0. The third-order valence-electron chi connectivity index (χ3n) is 6.37. The molecule has 3 fully saturated rings. The van der Waals surface area contributed by atoms with E-state index in [1.807, 2.05) is 30.3 Å². The fourth-order valence-corrected chi connectivity index (χ4v) is 10.1. The summed E-state index contributed by atoms with van der Waals surface area (Å²) in [6, 6.07) is 9.98. The number of rotatable bonds is 2. The van der Waals surface area contributed by atoms with Gasteiger partial charge in [0.2, 0.25) is 0 Å². The molecule has 162 valence electrons. The zero-order valence-corrected chi connectivity index (χ0v) is 19.6. The quantitative estimate of drug-likeness (QED) is 0.663. The van der Waals surface area contributed by atoms with Crippen LogP contribution in [0, 0.1) is 0 Å². The number of hydrogen-bond acceptors (Lipinski definition) is 6.